The van der Waals surface area contributed by atoms with Gasteiger partial charge in [-0.2, -0.15) is 0 Å². The average Bonchev–Trinajstić information content (AvgIpc) is 2.63. The number of rotatable bonds is 4. The van der Waals surface area contributed by atoms with Gasteiger partial charge in [-0.25, -0.2) is 0 Å². The number of aromatic nitrogens is 1. The van der Waals surface area contributed by atoms with E-state index >= 15 is 0 Å². The number of aliphatic hydroxyl groups excluding tert-OH is 1. The Kier molecular flexibility index (Phi) is 3.22. The highest BCUT2D eigenvalue weighted by atomic mass is 16.3. The topological polar surface area (TPSA) is 48.0 Å². The van der Waals surface area contributed by atoms with Crippen LogP contribution in [0.2, 0.25) is 0 Å². The Bertz CT molecular complexity index is 514. The number of benzene rings is 1. The molecule has 3 nitrogen and oxygen atoms in total. The fraction of sp³-hybridized carbons (Fsp3) is 0.429. The first-order valence-electron chi connectivity index (χ1n) is 5.95. The number of hydrogen-bond donors (Lipinski definition) is 3. The van der Waals surface area contributed by atoms with E-state index in [1.54, 1.807) is 0 Å². The molecule has 2 aromatic rings. The molecule has 0 radical (unpaired) electrons. The molecule has 0 unspecified atom stereocenters. The normalized spacial score (nSPS) is 12.2. The van der Waals surface area contributed by atoms with Crippen LogP contribution >= 0.6 is 0 Å². The molecule has 1 heterocycles. The van der Waals surface area contributed by atoms with Crippen LogP contribution < -0.4 is 5.32 Å². The summed E-state index contributed by atoms with van der Waals surface area (Å²) in [6.45, 7) is 7.27. The molecule has 0 aliphatic rings. The van der Waals surface area contributed by atoms with Crippen LogP contribution in [0.25, 0.3) is 10.9 Å². The van der Waals surface area contributed by atoms with E-state index in [-0.39, 0.29) is 12.1 Å². The van der Waals surface area contributed by atoms with Crippen LogP contribution in [-0.4, -0.2) is 23.4 Å². The van der Waals surface area contributed by atoms with Gasteiger partial charge in [-0.3, -0.25) is 5.32 Å². The highest BCUT2D eigenvalue weighted by Gasteiger charge is 2.25. The van der Waals surface area contributed by atoms with Gasteiger partial charge in [0.15, 0.2) is 0 Å². The zero-order valence-corrected chi connectivity index (χ0v) is 10.7. The van der Waals surface area contributed by atoms with E-state index in [9.17, 15) is 0 Å². The summed E-state index contributed by atoms with van der Waals surface area (Å²) in [5.74, 6) is 0. The summed E-state index contributed by atoms with van der Waals surface area (Å²) in [7, 11) is 0. The molecule has 3 heteroatoms. The van der Waals surface area contributed by atoms with E-state index < -0.39 is 0 Å². The van der Waals surface area contributed by atoms with Crippen LogP contribution in [0.3, 0.4) is 0 Å². The Balaban J connectivity index is 2.50. The van der Waals surface area contributed by atoms with Gasteiger partial charge in [0.2, 0.25) is 0 Å². The highest BCUT2D eigenvalue weighted by molar-refractivity contribution is 5.85. The van der Waals surface area contributed by atoms with Gasteiger partial charge in [-0.1, -0.05) is 32.0 Å². The predicted octanol–water partition coefficient (Wildman–Crippen LogP) is 2.29. The number of hydrogen-bond acceptors (Lipinski definition) is 2. The summed E-state index contributed by atoms with van der Waals surface area (Å²) < 4.78 is 0. The first-order valence-corrected chi connectivity index (χ1v) is 5.95. The minimum atomic E-state index is -0.00752. The van der Waals surface area contributed by atoms with Crippen molar-refractivity contribution in [1.29, 1.82) is 0 Å². The first-order chi connectivity index (χ1) is 8.06. The van der Waals surface area contributed by atoms with Crippen molar-refractivity contribution in [3.63, 3.8) is 0 Å². The van der Waals surface area contributed by atoms with Crippen LogP contribution in [-0.2, 0) is 5.41 Å². The van der Waals surface area contributed by atoms with E-state index in [0.29, 0.717) is 0 Å². The molecule has 0 aliphatic carbocycles. The maximum absolute atomic E-state index is 8.89. The van der Waals surface area contributed by atoms with Gasteiger partial charge >= 0.3 is 0 Å². The molecule has 3 N–H and O–H groups in total. The van der Waals surface area contributed by atoms with Crippen molar-refractivity contribution in [2.45, 2.75) is 26.2 Å². The lowest BCUT2D eigenvalue weighted by Gasteiger charge is -2.25. The largest absolute Gasteiger partial charge is 0.381 e. The second-order valence-corrected chi connectivity index (χ2v) is 5.14. The van der Waals surface area contributed by atoms with Crippen molar-refractivity contribution >= 4 is 10.9 Å². The standard InChI is InChI=1S/C14H20N2O/c1-10-13(14(2,3)8-15-9-17)11-6-4-5-7-12(11)16-10/h4-7,15-17H,8-9H2,1-3H3. The lowest BCUT2D eigenvalue weighted by molar-refractivity contribution is 0.248. The maximum Gasteiger partial charge on any atom is 0.0931 e. The summed E-state index contributed by atoms with van der Waals surface area (Å²) in [6.07, 6.45) is 0. The fourth-order valence-corrected chi connectivity index (χ4v) is 2.61. The van der Waals surface area contributed by atoms with Crippen molar-refractivity contribution in [3.05, 3.63) is 35.5 Å². The zero-order chi connectivity index (χ0) is 12.5. The van der Waals surface area contributed by atoms with Crippen LogP contribution in [0.1, 0.15) is 25.1 Å². The Morgan fingerprint density at radius 2 is 2.00 bits per heavy atom. The van der Waals surface area contributed by atoms with Crippen LogP contribution in [0.15, 0.2) is 24.3 Å². The minimum Gasteiger partial charge on any atom is -0.381 e. The van der Waals surface area contributed by atoms with E-state index in [4.69, 9.17) is 5.11 Å². The number of aromatic amines is 1. The van der Waals surface area contributed by atoms with Crippen molar-refractivity contribution in [2.24, 2.45) is 0 Å². The van der Waals surface area contributed by atoms with Gasteiger partial charge in [0, 0.05) is 28.6 Å². The summed E-state index contributed by atoms with van der Waals surface area (Å²) in [4.78, 5) is 3.42. The fourth-order valence-electron chi connectivity index (χ4n) is 2.61. The second kappa shape index (κ2) is 4.51. The molecule has 0 saturated carbocycles. The lowest BCUT2D eigenvalue weighted by atomic mass is 9.82. The van der Waals surface area contributed by atoms with Gasteiger partial charge in [0.05, 0.1) is 6.73 Å². The number of aliphatic hydroxyl groups is 1. The molecule has 0 spiro atoms. The number of para-hydroxylation sites is 1. The molecule has 0 atom stereocenters. The highest BCUT2D eigenvalue weighted by Crippen LogP contribution is 2.32. The van der Waals surface area contributed by atoms with E-state index in [0.717, 1.165) is 6.54 Å². The van der Waals surface area contributed by atoms with Gasteiger partial charge in [-0.15, -0.1) is 0 Å². The molecule has 2 rings (SSSR count). The van der Waals surface area contributed by atoms with Crippen molar-refractivity contribution < 1.29 is 5.11 Å². The van der Waals surface area contributed by atoms with Gasteiger partial charge < -0.3 is 10.1 Å². The third-order valence-electron chi connectivity index (χ3n) is 3.25. The smallest absolute Gasteiger partial charge is 0.0931 e. The number of aryl methyl sites for hydroxylation is 1. The predicted molar refractivity (Wildman–Crippen MR) is 71.2 cm³/mol. The molecule has 0 fully saturated rings. The monoisotopic (exact) mass is 232 g/mol. The maximum atomic E-state index is 8.89. The molecule has 0 saturated heterocycles. The lowest BCUT2D eigenvalue weighted by Crippen LogP contribution is -2.33. The minimum absolute atomic E-state index is 0.00752. The molecule has 0 aliphatic heterocycles. The molecule has 92 valence electrons. The molecule has 17 heavy (non-hydrogen) atoms. The number of fused-ring (bicyclic) bond motifs is 1. The molecule has 1 aromatic heterocycles. The van der Waals surface area contributed by atoms with Crippen molar-refractivity contribution in [1.82, 2.24) is 10.3 Å². The average molecular weight is 232 g/mol. The van der Waals surface area contributed by atoms with Crippen LogP contribution in [0, 0.1) is 6.92 Å². The van der Waals surface area contributed by atoms with E-state index in [1.807, 2.05) is 6.07 Å². The quantitative estimate of drug-likeness (QED) is 0.708. The molecule has 0 bridgehead atoms. The Hall–Kier alpha value is -1.32. The van der Waals surface area contributed by atoms with Gasteiger partial charge in [0.25, 0.3) is 0 Å². The zero-order valence-electron chi connectivity index (χ0n) is 10.7. The first kappa shape index (κ1) is 12.1. The molecular formula is C14H20N2O. The van der Waals surface area contributed by atoms with Crippen LogP contribution in [0.4, 0.5) is 0 Å². The SMILES string of the molecule is Cc1[nH]c2ccccc2c1C(C)(C)CNCO. The Labute approximate surface area is 102 Å². The number of nitrogens with one attached hydrogen (secondary N) is 2. The third-order valence-corrected chi connectivity index (χ3v) is 3.25. The Morgan fingerprint density at radius 1 is 1.29 bits per heavy atom. The third kappa shape index (κ3) is 2.21. The van der Waals surface area contributed by atoms with E-state index in [2.05, 4.69) is 49.3 Å². The second-order valence-electron chi connectivity index (χ2n) is 5.14. The van der Waals surface area contributed by atoms with E-state index in [1.165, 1.54) is 22.2 Å². The van der Waals surface area contributed by atoms with Gasteiger partial charge in [-0.05, 0) is 18.6 Å². The van der Waals surface area contributed by atoms with Gasteiger partial charge in [0.1, 0.15) is 0 Å². The summed E-state index contributed by atoms with van der Waals surface area (Å²) in [6, 6.07) is 8.35. The molecule has 1 aromatic carbocycles. The number of H-pyrrole nitrogens is 1. The summed E-state index contributed by atoms with van der Waals surface area (Å²) >= 11 is 0. The van der Waals surface area contributed by atoms with Crippen molar-refractivity contribution in [3.8, 4) is 0 Å². The summed E-state index contributed by atoms with van der Waals surface area (Å²) in [5, 5.41) is 13.2. The van der Waals surface area contributed by atoms with Crippen LogP contribution in [0.5, 0.6) is 0 Å². The molecule has 0 amide bonds. The van der Waals surface area contributed by atoms with Crippen molar-refractivity contribution in [2.75, 3.05) is 13.3 Å². The summed E-state index contributed by atoms with van der Waals surface area (Å²) in [5.41, 5.74) is 3.70. The Morgan fingerprint density at radius 3 is 2.71 bits per heavy atom. The molecular weight excluding hydrogens is 212 g/mol.